The van der Waals surface area contributed by atoms with Crippen LogP contribution in [0.15, 0.2) is 84.9 Å². The van der Waals surface area contributed by atoms with Gasteiger partial charge in [-0.05, 0) is 30.2 Å². The van der Waals surface area contributed by atoms with Gasteiger partial charge in [-0.15, -0.1) is 0 Å². The highest BCUT2D eigenvalue weighted by molar-refractivity contribution is 5.82. The second kappa shape index (κ2) is 10.3. The Morgan fingerprint density at radius 2 is 1.44 bits per heavy atom. The largest absolute Gasteiger partial charge is 0.497 e. The van der Waals surface area contributed by atoms with E-state index >= 15 is 0 Å². The van der Waals surface area contributed by atoms with Crippen LogP contribution in [0.4, 0.5) is 5.69 Å². The van der Waals surface area contributed by atoms with E-state index in [1.165, 1.54) is 0 Å². The molecule has 1 saturated heterocycles. The molecule has 1 fully saturated rings. The molecular formula is C27H31N3O2. The van der Waals surface area contributed by atoms with Crippen LogP contribution < -0.4 is 15.0 Å². The van der Waals surface area contributed by atoms with Crippen molar-refractivity contribution in [3.8, 4) is 5.75 Å². The van der Waals surface area contributed by atoms with E-state index < -0.39 is 0 Å². The minimum Gasteiger partial charge on any atom is -0.497 e. The molecule has 5 heteroatoms. The third kappa shape index (κ3) is 5.11. The number of hydrogen-bond donors (Lipinski definition) is 1. The number of rotatable bonds is 7. The monoisotopic (exact) mass is 429 g/mol. The zero-order chi connectivity index (χ0) is 22.3. The Hall–Kier alpha value is -3.31. The first-order valence-corrected chi connectivity index (χ1v) is 11.2. The summed E-state index contributed by atoms with van der Waals surface area (Å²) in [5.74, 6) is 0.920. The number of carbonyl (C=O) groups is 1. The highest BCUT2D eigenvalue weighted by Gasteiger charge is 2.28. The average Bonchev–Trinajstić information content (AvgIpc) is 2.88. The summed E-state index contributed by atoms with van der Waals surface area (Å²) < 4.78 is 5.36. The fourth-order valence-electron chi connectivity index (χ4n) is 4.25. The predicted molar refractivity (Wildman–Crippen MR) is 129 cm³/mol. The van der Waals surface area contributed by atoms with Crippen LogP contribution in [0.5, 0.6) is 5.75 Å². The van der Waals surface area contributed by atoms with E-state index in [-0.39, 0.29) is 18.0 Å². The summed E-state index contributed by atoms with van der Waals surface area (Å²) in [5, 5.41) is 3.29. The maximum atomic E-state index is 13.3. The van der Waals surface area contributed by atoms with Crippen molar-refractivity contribution in [1.82, 2.24) is 10.2 Å². The maximum absolute atomic E-state index is 13.3. The SMILES string of the molecule is COc1cccc(N2CCN([C@@H](C)C(=O)NC(c3ccccc3)c3ccccc3)CC2)c1. The van der Waals surface area contributed by atoms with Gasteiger partial charge in [0.1, 0.15) is 5.75 Å². The highest BCUT2D eigenvalue weighted by atomic mass is 16.5. The van der Waals surface area contributed by atoms with E-state index in [4.69, 9.17) is 4.74 Å². The molecule has 1 aliphatic rings. The van der Waals surface area contributed by atoms with Crippen LogP contribution in [-0.4, -0.2) is 50.1 Å². The molecule has 32 heavy (non-hydrogen) atoms. The number of benzene rings is 3. The lowest BCUT2D eigenvalue weighted by atomic mass is 9.98. The quantitative estimate of drug-likeness (QED) is 0.614. The molecule has 1 atom stereocenters. The summed E-state index contributed by atoms with van der Waals surface area (Å²) >= 11 is 0. The highest BCUT2D eigenvalue weighted by Crippen LogP contribution is 2.24. The lowest BCUT2D eigenvalue weighted by Crippen LogP contribution is -2.54. The standard InChI is InChI=1S/C27H31N3O2/c1-21(29-16-18-30(19-17-29)24-14-9-15-25(20-24)32-2)27(31)28-26(22-10-5-3-6-11-22)23-12-7-4-8-13-23/h3-15,20-21,26H,16-19H2,1-2H3,(H,28,31)/t21-/m0/s1. The van der Waals surface area contributed by atoms with Gasteiger partial charge in [0, 0.05) is 37.9 Å². The third-order valence-electron chi connectivity index (χ3n) is 6.21. The zero-order valence-corrected chi connectivity index (χ0v) is 18.8. The molecule has 0 aliphatic carbocycles. The average molecular weight is 430 g/mol. The second-order valence-corrected chi connectivity index (χ2v) is 8.16. The molecule has 3 aromatic rings. The Labute approximate surface area is 190 Å². The molecule has 0 spiro atoms. The molecule has 1 N–H and O–H groups in total. The molecule has 4 rings (SSSR count). The van der Waals surface area contributed by atoms with Crippen LogP contribution in [0.2, 0.25) is 0 Å². The minimum atomic E-state index is -0.197. The number of hydrogen-bond acceptors (Lipinski definition) is 4. The van der Waals surface area contributed by atoms with Crippen molar-refractivity contribution in [2.75, 3.05) is 38.2 Å². The van der Waals surface area contributed by atoms with Gasteiger partial charge in [0.05, 0.1) is 19.2 Å². The molecule has 166 valence electrons. The van der Waals surface area contributed by atoms with E-state index in [9.17, 15) is 4.79 Å². The van der Waals surface area contributed by atoms with Crippen molar-refractivity contribution in [2.24, 2.45) is 0 Å². The molecule has 1 aliphatic heterocycles. The van der Waals surface area contributed by atoms with Crippen LogP contribution in [0.1, 0.15) is 24.1 Å². The number of nitrogens with one attached hydrogen (secondary N) is 1. The van der Waals surface area contributed by atoms with Crippen molar-refractivity contribution < 1.29 is 9.53 Å². The minimum absolute atomic E-state index is 0.0533. The van der Waals surface area contributed by atoms with Crippen molar-refractivity contribution in [3.05, 3.63) is 96.1 Å². The summed E-state index contributed by atoms with van der Waals surface area (Å²) in [5.41, 5.74) is 3.33. The fraction of sp³-hybridized carbons (Fsp3) is 0.296. The summed E-state index contributed by atoms with van der Waals surface area (Å²) in [6.45, 7) is 5.45. The van der Waals surface area contributed by atoms with Gasteiger partial charge in [-0.25, -0.2) is 0 Å². The van der Waals surface area contributed by atoms with Crippen LogP contribution in [0.3, 0.4) is 0 Å². The number of nitrogens with zero attached hydrogens (tertiary/aromatic N) is 2. The Morgan fingerprint density at radius 3 is 2.00 bits per heavy atom. The van der Waals surface area contributed by atoms with Gasteiger partial charge in [0.15, 0.2) is 0 Å². The Morgan fingerprint density at radius 1 is 0.844 bits per heavy atom. The zero-order valence-electron chi connectivity index (χ0n) is 18.8. The fourth-order valence-corrected chi connectivity index (χ4v) is 4.25. The lowest BCUT2D eigenvalue weighted by molar-refractivity contribution is -0.126. The second-order valence-electron chi connectivity index (χ2n) is 8.16. The van der Waals surface area contributed by atoms with Gasteiger partial charge >= 0.3 is 0 Å². The summed E-state index contributed by atoms with van der Waals surface area (Å²) in [4.78, 5) is 17.9. The normalized spacial score (nSPS) is 15.4. The van der Waals surface area contributed by atoms with Crippen LogP contribution in [-0.2, 0) is 4.79 Å². The first-order chi connectivity index (χ1) is 15.7. The van der Waals surface area contributed by atoms with Gasteiger partial charge in [-0.1, -0.05) is 66.7 Å². The Bertz CT molecular complexity index is 962. The molecular weight excluding hydrogens is 398 g/mol. The first-order valence-electron chi connectivity index (χ1n) is 11.2. The first kappa shape index (κ1) is 21.9. The molecule has 1 heterocycles. The van der Waals surface area contributed by atoms with Crippen LogP contribution >= 0.6 is 0 Å². The molecule has 3 aromatic carbocycles. The molecule has 0 saturated carbocycles. The number of piperazine rings is 1. The predicted octanol–water partition coefficient (Wildman–Crippen LogP) is 4.11. The summed E-state index contributed by atoms with van der Waals surface area (Å²) in [6, 6.07) is 28.1. The molecule has 0 bridgehead atoms. The van der Waals surface area contributed by atoms with E-state index in [0.717, 1.165) is 48.7 Å². The summed E-state index contributed by atoms with van der Waals surface area (Å²) in [6.07, 6.45) is 0. The topological polar surface area (TPSA) is 44.8 Å². The van der Waals surface area contributed by atoms with Gasteiger partial charge in [-0.3, -0.25) is 9.69 Å². The summed E-state index contributed by atoms with van der Waals surface area (Å²) in [7, 11) is 1.69. The van der Waals surface area contributed by atoms with Crippen molar-refractivity contribution in [1.29, 1.82) is 0 Å². The van der Waals surface area contributed by atoms with Gasteiger partial charge in [0.25, 0.3) is 0 Å². The Kier molecular flexibility index (Phi) is 7.07. The third-order valence-corrected chi connectivity index (χ3v) is 6.21. The Balaban J connectivity index is 1.40. The smallest absolute Gasteiger partial charge is 0.237 e. The maximum Gasteiger partial charge on any atom is 0.237 e. The number of ether oxygens (including phenoxy) is 1. The van der Waals surface area contributed by atoms with Crippen molar-refractivity contribution >= 4 is 11.6 Å². The van der Waals surface area contributed by atoms with E-state index in [0.29, 0.717) is 0 Å². The number of carbonyl (C=O) groups excluding carboxylic acids is 1. The van der Waals surface area contributed by atoms with Gasteiger partial charge in [0.2, 0.25) is 5.91 Å². The molecule has 5 nitrogen and oxygen atoms in total. The molecule has 0 unspecified atom stereocenters. The molecule has 0 aromatic heterocycles. The lowest BCUT2D eigenvalue weighted by Gasteiger charge is -2.39. The number of amides is 1. The van der Waals surface area contributed by atoms with Gasteiger partial charge < -0.3 is 15.0 Å². The molecule has 1 amide bonds. The number of methoxy groups -OCH3 is 1. The number of anilines is 1. The van der Waals surface area contributed by atoms with Crippen molar-refractivity contribution in [2.45, 2.75) is 19.0 Å². The van der Waals surface area contributed by atoms with E-state index in [1.54, 1.807) is 7.11 Å². The van der Waals surface area contributed by atoms with E-state index in [2.05, 4.69) is 51.5 Å². The van der Waals surface area contributed by atoms with Crippen LogP contribution in [0.25, 0.3) is 0 Å². The van der Waals surface area contributed by atoms with E-state index in [1.807, 2.05) is 55.5 Å². The molecule has 0 radical (unpaired) electrons. The van der Waals surface area contributed by atoms with Gasteiger partial charge in [-0.2, -0.15) is 0 Å². The van der Waals surface area contributed by atoms with Crippen molar-refractivity contribution in [3.63, 3.8) is 0 Å². The van der Waals surface area contributed by atoms with Crippen LogP contribution in [0, 0.1) is 0 Å².